The highest BCUT2D eigenvalue weighted by molar-refractivity contribution is 7.80. The molecule has 2 rings (SSSR count). The summed E-state index contributed by atoms with van der Waals surface area (Å²) in [6.07, 6.45) is 3.86. The normalized spacial score (nSPS) is 12.0. The Morgan fingerprint density at radius 1 is 1.00 bits per heavy atom. The van der Waals surface area contributed by atoms with E-state index in [1.165, 1.54) is 6.08 Å². The highest BCUT2D eigenvalue weighted by Crippen LogP contribution is 2.07. The fraction of sp³-hybridized carbons (Fsp3) is 0.238. The molecule has 0 saturated carbocycles. The first-order valence-corrected chi connectivity index (χ1v) is 9.10. The number of hydrogen-bond donors (Lipinski definition) is 3. The minimum absolute atomic E-state index is 0.158. The second kappa shape index (κ2) is 10.4. The summed E-state index contributed by atoms with van der Waals surface area (Å²) in [5.41, 5.74) is 1.89. The molecule has 0 radical (unpaired) electrons. The van der Waals surface area contributed by atoms with Crippen molar-refractivity contribution in [3.8, 4) is 0 Å². The summed E-state index contributed by atoms with van der Waals surface area (Å²) in [5.74, 6) is 0.250. The molecule has 0 aliphatic heterocycles. The number of carbonyl (C=O) groups is 1. The molecule has 1 atom stereocenters. The Balaban J connectivity index is 1.92. The number of thiocarbonyl (C=S) groups is 1. The molecular weight excluding hydrogens is 342 g/mol. The Labute approximate surface area is 160 Å². The monoisotopic (exact) mass is 367 g/mol. The van der Waals surface area contributed by atoms with Crippen LogP contribution in [0.25, 0.3) is 6.08 Å². The fourth-order valence-corrected chi connectivity index (χ4v) is 2.69. The van der Waals surface area contributed by atoms with Crippen LogP contribution in [0.5, 0.6) is 0 Å². The molecule has 0 heterocycles. The van der Waals surface area contributed by atoms with E-state index < -0.39 is 0 Å². The Hall–Kier alpha value is -2.66. The third kappa shape index (κ3) is 7.49. The summed E-state index contributed by atoms with van der Waals surface area (Å²) < 4.78 is 0. The minimum Gasteiger partial charge on any atom is -0.342 e. The van der Waals surface area contributed by atoms with Gasteiger partial charge in [0.25, 0.3) is 0 Å². The third-order valence-corrected chi connectivity index (χ3v) is 3.81. The van der Waals surface area contributed by atoms with Gasteiger partial charge in [0.2, 0.25) is 5.91 Å². The van der Waals surface area contributed by atoms with E-state index in [0.717, 1.165) is 17.7 Å². The van der Waals surface area contributed by atoms with Crippen LogP contribution < -0.4 is 16.0 Å². The zero-order valence-corrected chi connectivity index (χ0v) is 15.9. The van der Waals surface area contributed by atoms with Gasteiger partial charge in [0.1, 0.15) is 6.17 Å². The van der Waals surface area contributed by atoms with Crippen molar-refractivity contribution >= 4 is 35.0 Å². The van der Waals surface area contributed by atoms with Crippen LogP contribution in [0.2, 0.25) is 0 Å². The zero-order valence-electron chi connectivity index (χ0n) is 15.1. The molecule has 3 N–H and O–H groups in total. The average Bonchev–Trinajstić information content (AvgIpc) is 2.61. The van der Waals surface area contributed by atoms with Crippen molar-refractivity contribution in [1.82, 2.24) is 10.6 Å². The molecule has 136 valence electrons. The number of benzene rings is 2. The van der Waals surface area contributed by atoms with Gasteiger partial charge < -0.3 is 16.0 Å². The third-order valence-electron chi connectivity index (χ3n) is 3.59. The highest BCUT2D eigenvalue weighted by atomic mass is 32.1. The molecule has 2 aromatic carbocycles. The summed E-state index contributed by atoms with van der Waals surface area (Å²) in [5, 5.41) is 9.76. The average molecular weight is 368 g/mol. The summed E-state index contributed by atoms with van der Waals surface area (Å²) in [7, 11) is 0. The lowest BCUT2D eigenvalue weighted by atomic mass is 10.1. The van der Waals surface area contributed by atoms with Crippen molar-refractivity contribution in [1.29, 1.82) is 0 Å². The quantitative estimate of drug-likeness (QED) is 0.390. The molecular formula is C21H25N3OS. The van der Waals surface area contributed by atoms with Crippen LogP contribution in [-0.2, 0) is 4.79 Å². The van der Waals surface area contributed by atoms with Crippen LogP contribution in [0, 0.1) is 5.92 Å². The smallest absolute Gasteiger partial charge is 0.245 e. The molecule has 0 fully saturated rings. The maximum Gasteiger partial charge on any atom is 0.245 e. The number of amides is 1. The number of rotatable bonds is 7. The molecule has 4 nitrogen and oxygen atoms in total. The van der Waals surface area contributed by atoms with Crippen LogP contribution >= 0.6 is 12.2 Å². The fourth-order valence-electron chi connectivity index (χ4n) is 2.43. The second-order valence-electron chi connectivity index (χ2n) is 6.40. The first-order chi connectivity index (χ1) is 12.5. The minimum atomic E-state index is -0.244. The Bertz CT molecular complexity index is 729. The first kappa shape index (κ1) is 19.7. The van der Waals surface area contributed by atoms with E-state index in [9.17, 15) is 4.79 Å². The molecule has 26 heavy (non-hydrogen) atoms. The SMILES string of the molecule is CC(C)CC(NC(=O)C=Cc1ccccc1)NC(=S)Nc1ccccc1. The van der Waals surface area contributed by atoms with Crippen molar-refractivity contribution in [3.05, 3.63) is 72.3 Å². The molecule has 0 aliphatic rings. The first-order valence-electron chi connectivity index (χ1n) is 8.69. The Morgan fingerprint density at radius 2 is 1.62 bits per heavy atom. The van der Waals surface area contributed by atoms with E-state index in [1.807, 2.05) is 60.7 Å². The van der Waals surface area contributed by atoms with Crippen molar-refractivity contribution in [2.75, 3.05) is 5.32 Å². The van der Waals surface area contributed by atoms with Gasteiger partial charge in [-0.1, -0.05) is 62.4 Å². The van der Waals surface area contributed by atoms with Gasteiger partial charge in [-0.3, -0.25) is 4.79 Å². The Kier molecular flexibility index (Phi) is 7.83. The van der Waals surface area contributed by atoms with Crippen LogP contribution in [0.1, 0.15) is 25.8 Å². The molecule has 2 aromatic rings. The summed E-state index contributed by atoms with van der Waals surface area (Å²) in [6, 6.07) is 19.4. The largest absolute Gasteiger partial charge is 0.342 e. The van der Waals surface area contributed by atoms with Crippen LogP contribution in [0.3, 0.4) is 0 Å². The van der Waals surface area contributed by atoms with Crippen molar-refractivity contribution in [3.63, 3.8) is 0 Å². The van der Waals surface area contributed by atoms with Gasteiger partial charge in [-0.05, 0) is 48.3 Å². The molecule has 5 heteroatoms. The number of hydrogen-bond acceptors (Lipinski definition) is 2. The number of nitrogens with one attached hydrogen (secondary N) is 3. The second-order valence-corrected chi connectivity index (χ2v) is 6.81. The van der Waals surface area contributed by atoms with Gasteiger partial charge in [0, 0.05) is 11.8 Å². The van der Waals surface area contributed by atoms with Crippen molar-refractivity contribution in [2.45, 2.75) is 26.4 Å². The molecule has 0 aliphatic carbocycles. The van der Waals surface area contributed by atoms with Gasteiger partial charge in [0.05, 0.1) is 0 Å². The van der Waals surface area contributed by atoms with Gasteiger partial charge in [-0.15, -0.1) is 0 Å². The number of carbonyl (C=O) groups excluding carboxylic acids is 1. The maximum atomic E-state index is 12.2. The van der Waals surface area contributed by atoms with Gasteiger partial charge in [-0.25, -0.2) is 0 Å². The van der Waals surface area contributed by atoms with E-state index in [0.29, 0.717) is 11.0 Å². The molecule has 0 saturated heterocycles. The summed E-state index contributed by atoms with van der Waals surface area (Å²) in [4.78, 5) is 12.2. The highest BCUT2D eigenvalue weighted by Gasteiger charge is 2.14. The van der Waals surface area contributed by atoms with E-state index in [4.69, 9.17) is 12.2 Å². The zero-order chi connectivity index (χ0) is 18.8. The summed E-state index contributed by atoms with van der Waals surface area (Å²) >= 11 is 5.37. The van der Waals surface area contributed by atoms with Crippen molar-refractivity contribution in [2.24, 2.45) is 5.92 Å². The Morgan fingerprint density at radius 3 is 2.23 bits per heavy atom. The number of anilines is 1. The van der Waals surface area contributed by atoms with E-state index in [2.05, 4.69) is 29.8 Å². The van der Waals surface area contributed by atoms with Gasteiger partial charge >= 0.3 is 0 Å². The lowest BCUT2D eigenvalue weighted by Crippen LogP contribution is -2.49. The predicted molar refractivity (Wildman–Crippen MR) is 113 cm³/mol. The van der Waals surface area contributed by atoms with E-state index in [-0.39, 0.29) is 12.1 Å². The number of para-hydroxylation sites is 1. The van der Waals surface area contributed by atoms with Crippen LogP contribution in [-0.4, -0.2) is 17.2 Å². The van der Waals surface area contributed by atoms with Crippen LogP contribution in [0.15, 0.2) is 66.7 Å². The standard InChI is InChI=1S/C21H25N3OS/c1-16(2)15-19(24-21(26)22-18-11-7-4-8-12-18)23-20(25)14-13-17-9-5-3-6-10-17/h3-14,16,19H,15H2,1-2H3,(H,23,25)(H2,22,24,26). The molecule has 0 aromatic heterocycles. The van der Waals surface area contributed by atoms with Crippen molar-refractivity contribution < 1.29 is 4.79 Å². The molecule has 1 unspecified atom stereocenters. The van der Waals surface area contributed by atoms with E-state index in [1.54, 1.807) is 6.08 Å². The van der Waals surface area contributed by atoms with Gasteiger partial charge in [-0.2, -0.15) is 0 Å². The lowest BCUT2D eigenvalue weighted by Gasteiger charge is -2.23. The molecule has 0 bridgehead atoms. The van der Waals surface area contributed by atoms with Gasteiger partial charge in [0.15, 0.2) is 5.11 Å². The molecule has 1 amide bonds. The molecule has 0 spiro atoms. The van der Waals surface area contributed by atoms with Crippen LogP contribution in [0.4, 0.5) is 5.69 Å². The predicted octanol–water partition coefficient (Wildman–Crippen LogP) is 4.17. The maximum absolute atomic E-state index is 12.2. The summed E-state index contributed by atoms with van der Waals surface area (Å²) in [6.45, 7) is 4.21. The topological polar surface area (TPSA) is 53.2 Å². The van der Waals surface area contributed by atoms with E-state index >= 15 is 0 Å². The lowest BCUT2D eigenvalue weighted by molar-refractivity contribution is -0.117.